The third-order valence-electron chi connectivity index (χ3n) is 6.47. The van der Waals surface area contributed by atoms with Gasteiger partial charge < -0.3 is 14.9 Å². The van der Waals surface area contributed by atoms with Crippen molar-refractivity contribution >= 4 is 17.5 Å². The molecule has 0 aliphatic heterocycles. The van der Waals surface area contributed by atoms with Gasteiger partial charge in [0.15, 0.2) is 11.5 Å². The molecule has 1 saturated carbocycles. The summed E-state index contributed by atoms with van der Waals surface area (Å²) in [5.41, 5.74) is -0.429. The maximum Gasteiger partial charge on any atom is 0.302 e. The number of carbonyl (C=O) groups excluding carboxylic acids is 3. The van der Waals surface area contributed by atoms with Crippen LogP contribution in [-0.2, 0) is 19.1 Å². The Kier molecular flexibility index (Phi) is 4.80. The molecule has 3 rings (SSSR count). The van der Waals surface area contributed by atoms with Crippen LogP contribution in [0.2, 0.25) is 0 Å². The third-order valence-corrected chi connectivity index (χ3v) is 6.47. The molecule has 1 fully saturated rings. The number of rotatable bonds is 3. The summed E-state index contributed by atoms with van der Waals surface area (Å²) in [5.74, 6) is -2.33. The van der Waals surface area contributed by atoms with Crippen LogP contribution < -0.4 is 0 Å². The van der Waals surface area contributed by atoms with Gasteiger partial charge in [-0.15, -0.1) is 0 Å². The molecule has 6 heteroatoms. The van der Waals surface area contributed by atoms with Crippen molar-refractivity contribution in [1.82, 2.24) is 0 Å². The van der Waals surface area contributed by atoms with E-state index in [2.05, 4.69) is 0 Å². The molecular formula is C22H28O6. The van der Waals surface area contributed by atoms with E-state index < -0.39 is 29.0 Å². The summed E-state index contributed by atoms with van der Waals surface area (Å²) in [6, 6.07) is 0. The number of aliphatic hydroxyl groups is 2. The zero-order valence-electron chi connectivity index (χ0n) is 17.1. The van der Waals surface area contributed by atoms with Gasteiger partial charge in [-0.05, 0) is 31.3 Å². The van der Waals surface area contributed by atoms with Crippen LogP contribution >= 0.6 is 0 Å². The molecule has 3 aliphatic rings. The molecule has 0 saturated heterocycles. The quantitative estimate of drug-likeness (QED) is 0.712. The lowest BCUT2D eigenvalue weighted by Gasteiger charge is -2.53. The summed E-state index contributed by atoms with van der Waals surface area (Å²) in [5, 5.41) is 21.7. The van der Waals surface area contributed by atoms with E-state index >= 15 is 0 Å². The van der Waals surface area contributed by atoms with Crippen molar-refractivity contribution in [2.75, 3.05) is 0 Å². The number of carbonyl (C=O) groups is 3. The normalized spacial score (nSPS) is 30.5. The topological polar surface area (TPSA) is 101 Å². The average molecular weight is 388 g/mol. The molecule has 0 aromatic heterocycles. The van der Waals surface area contributed by atoms with Crippen LogP contribution in [0.4, 0.5) is 0 Å². The molecule has 0 aromatic carbocycles. The van der Waals surface area contributed by atoms with Crippen molar-refractivity contribution in [2.24, 2.45) is 16.7 Å². The molecule has 0 amide bonds. The first-order chi connectivity index (χ1) is 12.9. The largest absolute Gasteiger partial charge is 0.507 e. The molecule has 0 aromatic rings. The van der Waals surface area contributed by atoms with Crippen LogP contribution in [0.25, 0.3) is 0 Å². The molecule has 0 bridgehead atoms. The van der Waals surface area contributed by atoms with Crippen LogP contribution in [0.15, 0.2) is 34.3 Å². The zero-order chi connectivity index (χ0) is 21.0. The third kappa shape index (κ3) is 2.99. The van der Waals surface area contributed by atoms with Crippen LogP contribution in [-0.4, -0.2) is 33.9 Å². The fourth-order valence-electron chi connectivity index (χ4n) is 5.55. The summed E-state index contributed by atoms with van der Waals surface area (Å²) in [4.78, 5) is 37.1. The van der Waals surface area contributed by atoms with Gasteiger partial charge in [0.2, 0.25) is 5.78 Å². The fraction of sp³-hybridized carbons (Fsp3) is 0.591. The number of fused-ring (bicyclic) bond motifs is 3. The number of aliphatic hydroxyl groups excluding tert-OH is 2. The second-order valence-corrected chi connectivity index (χ2v) is 9.16. The number of esters is 1. The Morgan fingerprint density at radius 2 is 1.86 bits per heavy atom. The number of hydrogen-bond acceptors (Lipinski definition) is 6. The first-order valence-electron chi connectivity index (χ1n) is 9.74. The SMILES string of the molecule is CC(=O)OC(C)CC1=C(O)C2=CC(=O)C3C(C)(C)CCCC3(C)C2=C(O)C1=O. The van der Waals surface area contributed by atoms with Gasteiger partial charge in [-0.25, -0.2) is 0 Å². The van der Waals surface area contributed by atoms with Gasteiger partial charge in [0.05, 0.1) is 0 Å². The lowest BCUT2D eigenvalue weighted by atomic mass is 9.49. The molecule has 3 atom stereocenters. The highest BCUT2D eigenvalue weighted by Crippen LogP contribution is 2.60. The Morgan fingerprint density at radius 3 is 2.46 bits per heavy atom. The highest BCUT2D eigenvalue weighted by molar-refractivity contribution is 6.12. The lowest BCUT2D eigenvalue weighted by molar-refractivity contribution is -0.145. The summed E-state index contributed by atoms with van der Waals surface area (Å²) in [6.07, 6.45) is 3.08. The van der Waals surface area contributed by atoms with Gasteiger partial charge in [-0.1, -0.05) is 27.2 Å². The van der Waals surface area contributed by atoms with E-state index in [0.29, 0.717) is 12.0 Å². The predicted octanol–water partition coefficient (Wildman–Crippen LogP) is 3.88. The molecule has 0 spiro atoms. The molecule has 6 nitrogen and oxygen atoms in total. The van der Waals surface area contributed by atoms with E-state index in [9.17, 15) is 24.6 Å². The summed E-state index contributed by atoms with van der Waals surface area (Å²) >= 11 is 0. The number of hydrogen-bond donors (Lipinski definition) is 2. The Morgan fingerprint density at radius 1 is 1.21 bits per heavy atom. The molecule has 28 heavy (non-hydrogen) atoms. The highest BCUT2D eigenvalue weighted by Gasteiger charge is 2.57. The number of allylic oxidation sites excluding steroid dienone is 3. The second-order valence-electron chi connectivity index (χ2n) is 9.16. The highest BCUT2D eigenvalue weighted by atomic mass is 16.5. The van der Waals surface area contributed by atoms with Crippen LogP contribution in [0, 0.1) is 16.7 Å². The van der Waals surface area contributed by atoms with Crippen molar-refractivity contribution < 1.29 is 29.3 Å². The van der Waals surface area contributed by atoms with Crippen molar-refractivity contribution in [3.8, 4) is 0 Å². The minimum Gasteiger partial charge on any atom is -0.507 e. The average Bonchev–Trinajstić information content (AvgIpc) is 2.54. The Bertz CT molecular complexity index is 856. The van der Waals surface area contributed by atoms with E-state index in [1.165, 1.54) is 13.0 Å². The van der Waals surface area contributed by atoms with Gasteiger partial charge >= 0.3 is 5.97 Å². The van der Waals surface area contributed by atoms with E-state index in [-0.39, 0.29) is 40.4 Å². The maximum absolute atomic E-state index is 13.0. The molecular weight excluding hydrogens is 360 g/mol. The summed E-state index contributed by atoms with van der Waals surface area (Å²) in [6.45, 7) is 8.84. The first-order valence-corrected chi connectivity index (χ1v) is 9.74. The smallest absolute Gasteiger partial charge is 0.302 e. The summed E-state index contributed by atoms with van der Waals surface area (Å²) < 4.78 is 5.05. The Labute approximate surface area is 165 Å². The predicted molar refractivity (Wildman–Crippen MR) is 102 cm³/mol. The molecule has 152 valence electrons. The van der Waals surface area contributed by atoms with E-state index in [0.717, 1.165) is 12.8 Å². The van der Waals surface area contributed by atoms with Gasteiger partial charge in [0.25, 0.3) is 0 Å². The zero-order valence-corrected chi connectivity index (χ0v) is 17.1. The Balaban J connectivity index is 2.12. The van der Waals surface area contributed by atoms with E-state index in [4.69, 9.17) is 4.74 Å². The standard InChI is InChI=1S/C22H28O6/c1-11(28-12(2)23)9-14-17(25)13-10-15(24)20-21(3,4)7-6-8-22(20,5)16(13)19(27)18(14)26/h10-11,20,25,27H,6-9H2,1-5H3. The lowest BCUT2D eigenvalue weighted by Crippen LogP contribution is -2.51. The minimum atomic E-state index is -0.719. The molecule has 3 aliphatic carbocycles. The molecule has 3 unspecified atom stereocenters. The van der Waals surface area contributed by atoms with Crippen molar-refractivity contribution in [3.05, 3.63) is 34.3 Å². The van der Waals surface area contributed by atoms with Gasteiger partial charge in [-0.2, -0.15) is 0 Å². The van der Waals surface area contributed by atoms with Crippen LogP contribution in [0.3, 0.4) is 0 Å². The Hall–Kier alpha value is -2.37. The van der Waals surface area contributed by atoms with Gasteiger partial charge in [0.1, 0.15) is 11.9 Å². The monoisotopic (exact) mass is 388 g/mol. The molecule has 2 N–H and O–H groups in total. The first kappa shape index (κ1) is 20.4. The fourth-order valence-corrected chi connectivity index (χ4v) is 5.55. The van der Waals surface area contributed by atoms with Gasteiger partial charge in [-0.3, -0.25) is 14.4 Å². The maximum atomic E-state index is 13.0. The minimum absolute atomic E-state index is 0.0360. The number of ketones is 2. The molecule has 0 radical (unpaired) electrons. The van der Waals surface area contributed by atoms with E-state index in [1.807, 2.05) is 20.8 Å². The number of ether oxygens (including phenoxy) is 1. The molecule has 0 heterocycles. The van der Waals surface area contributed by atoms with Crippen molar-refractivity contribution in [2.45, 2.75) is 66.4 Å². The second kappa shape index (κ2) is 6.61. The van der Waals surface area contributed by atoms with Crippen LogP contribution in [0.5, 0.6) is 0 Å². The summed E-state index contributed by atoms with van der Waals surface area (Å²) in [7, 11) is 0. The van der Waals surface area contributed by atoms with Crippen molar-refractivity contribution in [1.29, 1.82) is 0 Å². The van der Waals surface area contributed by atoms with Crippen molar-refractivity contribution in [3.63, 3.8) is 0 Å². The van der Waals surface area contributed by atoms with Crippen LogP contribution in [0.1, 0.15) is 60.3 Å². The van der Waals surface area contributed by atoms with Gasteiger partial charge in [0, 0.05) is 41.4 Å². The number of Topliss-reactive ketones (excluding diaryl/α,β-unsaturated/α-hetero) is 1. The van der Waals surface area contributed by atoms with E-state index in [1.54, 1.807) is 6.92 Å².